The van der Waals surface area contributed by atoms with Crippen LogP contribution in [-0.4, -0.2) is 9.97 Å². The molecule has 0 bridgehead atoms. The highest BCUT2D eigenvalue weighted by atomic mass is 16.3. The zero-order chi connectivity index (χ0) is 22.4. The summed E-state index contributed by atoms with van der Waals surface area (Å²) in [6.07, 6.45) is 3.06. The number of aryl methyl sites for hydroxylation is 3. The van der Waals surface area contributed by atoms with Crippen LogP contribution in [0, 0.1) is 26.7 Å². The van der Waals surface area contributed by atoms with E-state index in [0.29, 0.717) is 11.6 Å². The number of benzene rings is 2. The second-order valence-electron chi connectivity index (χ2n) is 9.19. The van der Waals surface area contributed by atoms with Crippen molar-refractivity contribution < 1.29 is 4.42 Å². The zero-order valence-corrected chi connectivity index (χ0v) is 19.4. The molecule has 5 aromatic rings. The molecule has 0 fully saturated rings. The average Bonchev–Trinajstić information content (AvgIpc) is 3.13. The van der Waals surface area contributed by atoms with Crippen LogP contribution in [0.2, 0.25) is 0 Å². The maximum absolute atomic E-state index is 6.36. The van der Waals surface area contributed by atoms with Crippen LogP contribution < -0.4 is 0 Å². The number of hydrogen-bond donors (Lipinski definition) is 0. The summed E-state index contributed by atoms with van der Waals surface area (Å²) < 4.78 is 6.36. The summed E-state index contributed by atoms with van der Waals surface area (Å²) in [5.41, 5.74) is 10.6. The standard InChI is InChI=1S/C29H28N2O/c1-17(2)14-21-16-30-26(15-20(21)5)24-11-7-10-22-23-12-13-25(31-29(23)32-28(22)24)27-18(3)8-6-9-19(27)4/h6-13,15-17H,14H2,1-5H3. The Hall–Kier alpha value is -3.46. The Morgan fingerprint density at radius 1 is 0.812 bits per heavy atom. The van der Waals surface area contributed by atoms with Crippen molar-refractivity contribution in [1.29, 1.82) is 0 Å². The van der Waals surface area contributed by atoms with Gasteiger partial charge in [0.1, 0.15) is 5.58 Å². The van der Waals surface area contributed by atoms with E-state index in [-0.39, 0.29) is 0 Å². The van der Waals surface area contributed by atoms with Gasteiger partial charge in [-0.1, -0.05) is 44.2 Å². The highest BCUT2D eigenvalue weighted by Crippen LogP contribution is 2.36. The Bertz CT molecular complexity index is 1440. The molecule has 0 atom stereocenters. The maximum Gasteiger partial charge on any atom is 0.227 e. The van der Waals surface area contributed by atoms with E-state index in [9.17, 15) is 0 Å². The second kappa shape index (κ2) is 7.90. The molecule has 32 heavy (non-hydrogen) atoms. The molecular formula is C29H28N2O. The molecule has 5 rings (SSSR count). The summed E-state index contributed by atoms with van der Waals surface area (Å²) in [5, 5.41) is 2.11. The maximum atomic E-state index is 6.36. The predicted molar refractivity (Wildman–Crippen MR) is 133 cm³/mol. The molecule has 3 heterocycles. The van der Waals surface area contributed by atoms with Crippen molar-refractivity contribution in [3.05, 3.63) is 83.0 Å². The zero-order valence-electron chi connectivity index (χ0n) is 19.4. The number of para-hydroxylation sites is 1. The molecule has 3 nitrogen and oxygen atoms in total. The van der Waals surface area contributed by atoms with E-state index in [1.807, 2.05) is 6.20 Å². The molecule has 0 saturated carbocycles. The van der Waals surface area contributed by atoms with E-state index in [1.54, 1.807) is 0 Å². The number of furan rings is 1. The molecule has 3 aromatic heterocycles. The van der Waals surface area contributed by atoms with Crippen LogP contribution in [0.4, 0.5) is 0 Å². The Morgan fingerprint density at radius 2 is 1.56 bits per heavy atom. The molecule has 0 amide bonds. The Labute approximate surface area is 189 Å². The fraction of sp³-hybridized carbons (Fsp3) is 0.241. The topological polar surface area (TPSA) is 38.9 Å². The van der Waals surface area contributed by atoms with E-state index >= 15 is 0 Å². The van der Waals surface area contributed by atoms with Gasteiger partial charge in [-0.05, 0) is 79.6 Å². The molecule has 0 aliphatic carbocycles. The summed E-state index contributed by atoms with van der Waals surface area (Å²) in [6, 6.07) is 19.0. The van der Waals surface area contributed by atoms with E-state index < -0.39 is 0 Å². The van der Waals surface area contributed by atoms with Crippen molar-refractivity contribution in [2.24, 2.45) is 5.92 Å². The van der Waals surface area contributed by atoms with Gasteiger partial charge in [-0.3, -0.25) is 4.98 Å². The van der Waals surface area contributed by atoms with Crippen LogP contribution in [0.1, 0.15) is 36.1 Å². The minimum Gasteiger partial charge on any atom is -0.437 e. The van der Waals surface area contributed by atoms with Gasteiger partial charge in [0.05, 0.1) is 11.4 Å². The minimum absolute atomic E-state index is 0.609. The summed E-state index contributed by atoms with van der Waals surface area (Å²) in [5.74, 6) is 0.609. The number of fused-ring (bicyclic) bond motifs is 3. The van der Waals surface area contributed by atoms with E-state index in [0.717, 1.165) is 39.7 Å². The highest BCUT2D eigenvalue weighted by molar-refractivity contribution is 6.08. The van der Waals surface area contributed by atoms with Gasteiger partial charge in [0.2, 0.25) is 5.71 Å². The van der Waals surface area contributed by atoms with Crippen molar-refractivity contribution in [2.75, 3.05) is 0 Å². The Balaban J connectivity index is 1.66. The van der Waals surface area contributed by atoms with E-state index in [4.69, 9.17) is 14.4 Å². The molecule has 0 radical (unpaired) electrons. The first-order valence-electron chi connectivity index (χ1n) is 11.3. The van der Waals surface area contributed by atoms with Crippen molar-refractivity contribution in [3.63, 3.8) is 0 Å². The van der Waals surface area contributed by atoms with Gasteiger partial charge in [0.15, 0.2) is 0 Å². The van der Waals surface area contributed by atoms with Crippen LogP contribution in [-0.2, 0) is 6.42 Å². The molecule has 0 N–H and O–H groups in total. The highest BCUT2D eigenvalue weighted by Gasteiger charge is 2.16. The molecule has 0 aliphatic heterocycles. The lowest BCUT2D eigenvalue weighted by molar-refractivity contribution is 0.643. The van der Waals surface area contributed by atoms with Gasteiger partial charge in [-0.2, -0.15) is 0 Å². The van der Waals surface area contributed by atoms with Gasteiger partial charge in [-0.25, -0.2) is 4.98 Å². The number of aromatic nitrogens is 2. The predicted octanol–water partition coefficient (Wildman–Crippen LogP) is 7.83. The van der Waals surface area contributed by atoms with Gasteiger partial charge < -0.3 is 4.42 Å². The fourth-order valence-electron chi connectivity index (χ4n) is 4.62. The lowest BCUT2D eigenvalue weighted by Crippen LogP contribution is -1.98. The van der Waals surface area contributed by atoms with Gasteiger partial charge in [0, 0.05) is 28.1 Å². The molecule has 2 aromatic carbocycles. The van der Waals surface area contributed by atoms with E-state index in [1.165, 1.54) is 27.8 Å². The average molecular weight is 421 g/mol. The number of nitrogens with zero attached hydrogens (tertiary/aromatic N) is 2. The summed E-state index contributed by atoms with van der Waals surface area (Å²) in [4.78, 5) is 9.71. The van der Waals surface area contributed by atoms with Crippen LogP contribution in [0.15, 0.2) is 65.2 Å². The van der Waals surface area contributed by atoms with Crippen molar-refractivity contribution in [3.8, 4) is 22.5 Å². The Morgan fingerprint density at radius 3 is 2.28 bits per heavy atom. The first-order valence-corrected chi connectivity index (χ1v) is 11.3. The molecule has 3 heteroatoms. The molecule has 0 spiro atoms. The SMILES string of the molecule is Cc1cc(-c2cccc3c2oc2nc(-c4c(C)cccc4C)ccc23)ncc1CC(C)C. The first kappa shape index (κ1) is 20.4. The third-order valence-corrected chi connectivity index (χ3v) is 6.22. The lowest BCUT2D eigenvalue weighted by Gasteiger charge is -2.10. The number of pyridine rings is 2. The largest absolute Gasteiger partial charge is 0.437 e. The molecule has 0 aliphatic rings. The second-order valence-corrected chi connectivity index (χ2v) is 9.19. The molecular weight excluding hydrogens is 392 g/mol. The molecule has 0 unspecified atom stereocenters. The smallest absolute Gasteiger partial charge is 0.227 e. The van der Waals surface area contributed by atoms with Crippen LogP contribution in [0.5, 0.6) is 0 Å². The Kier molecular flexibility index (Phi) is 5.05. The normalized spacial score (nSPS) is 11.7. The number of rotatable bonds is 4. The summed E-state index contributed by atoms with van der Waals surface area (Å²) in [7, 11) is 0. The molecule has 0 saturated heterocycles. The minimum atomic E-state index is 0.609. The molecule has 160 valence electrons. The third-order valence-electron chi connectivity index (χ3n) is 6.22. The van der Waals surface area contributed by atoms with Crippen LogP contribution in [0.3, 0.4) is 0 Å². The van der Waals surface area contributed by atoms with Crippen molar-refractivity contribution in [1.82, 2.24) is 9.97 Å². The van der Waals surface area contributed by atoms with Crippen molar-refractivity contribution >= 4 is 22.1 Å². The quantitative estimate of drug-likeness (QED) is 0.297. The fourth-order valence-corrected chi connectivity index (χ4v) is 4.62. The summed E-state index contributed by atoms with van der Waals surface area (Å²) in [6.45, 7) is 10.9. The first-order chi connectivity index (χ1) is 15.4. The van der Waals surface area contributed by atoms with Gasteiger partial charge in [0.25, 0.3) is 0 Å². The lowest BCUT2D eigenvalue weighted by atomic mass is 9.98. The van der Waals surface area contributed by atoms with E-state index in [2.05, 4.69) is 89.2 Å². The summed E-state index contributed by atoms with van der Waals surface area (Å²) >= 11 is 0. The van der Waals surface area contributed by atoms with Gasteiger partial charge >= 0.3 is 0 Å². The third kappa shape index (κ3) is 3.48. The van der Waals surface area contributed by atoms with Crippen molar-refractivity contribution in [2.45, 2.75) is 41.0 Å². The monoisotopic (exact) mass is 420 g/mol. The van der Waals surface area contributed by atoms with Gasteiger partial charge in [-0.15, -0.1) is 0 Å². The van der Waals surface area contributed by atoms with Crippen LogP contribution >= 0.6 is 0 Å². The number of hydrogen-bond acceptors (Lipinski definition) is 3. The van der Waals surface area contributed by atoms with Crippen LogP contribution in [0.25, 0.3) is 44.6 Å².